The molecule has 0 nitrogen and oxygen atoms in total. The molecule has 0 heterocycles. The van der Waals surface area contributed by atoms with Crippen molar-refractivity contribution in [3.05, 3.63) is 12.2 Å². The summed E-state index contributed by atoms with van der Waals surface area (Å²) in [6.07, 6.45) is -9.14. The molecule has 16 heavy (non-hydrogen) atoms. The topological polar surface area (TPSA) is 0 Å². The number of hydrogen-bond donors (Lipinski definition) is 0. The lowest BCUT2D eigenvalue weighted by molar-refractivity contribution is -0.303. The fourth-order valence-electron chi connectivity index (χ4n) is 2.70. The van der Waals surface area contributed by atoms with Crippen LogP contribution in [-0.4, -0.2) is 18.0 Å². The largest absolute Gasteiger partial charge is 0.423 e. The van der Waals surface area contributed by atoms with E-state index < -0.39 is 42.2 Å². The van der Waals surface area contributed by atoms with Gasteiger partial charge in [0.25, 0.3) is 0 Å². The Morgan fingerprint density at radius 1 is 1.00 bits per heavy atom. The van der Waals surface area contributed by atoms with Crippen LogP contribution in [0.5, 0.6) is 0 Å². The third-order valence-electron chi connectivity index (χ3n) is 3.32. The van der Waals surface area contributed by atoms with E-state index in [1.54, 1.807) is 0 Å². The van der Waals surface area contributed by atoms with Gasteiger partial charge in [0.15, 0.2) is 0 Å². The molecular weight excluding hydrogens is 241 g/mol. The van der Waals surface area contributed by atoms with Gasteiger partial charge in [0.1, 0.15) is 5.92 Å². The standard InChI is InChI=1S/C9H7F7/c10-7(9(14,15)16)5-2-1-4(3-5)6(7)8(11,12)13/h1-2,4-6H,3H2. The normalized spacial score (nSPS) is 43.1. The minimum atomic E-state index is -5.49. The molecule has 92 valence electrons. The van der Waals surface area contributed by atoms with Gasteiger partial charge in [0.2, 0.25) is 5.67 Å². The van der Waals surface area contributed by atoms with Crippen molar-refractivity contribution >= 4 is 0 Å². The molecule has 0 saturated heterocycles. The van der Waals surface area contributed by atoms with Crippen LogP contribution >= 0.6 is 0 Å². The first-order valence-corrected chi connectivity index (χ1v) is 4.59. The molecule has 0 aromatic rings. The first-order valence-electron chi connectivity index (χ1n) is 4.59. The molecule has 4 unspecified atom stereocenters. The highest BCUT2D eigenvalue weighted by atomic mass is 19.4. The highest BCUT2D eigenvalue weighted by molar-refractivity contribution is 5.24. The average Bonchev–Trinajstić information content (AvgIpc) is 2.57. The van der Waals surface area contributed by atoms with Crippen molar-refractivity contribution in [2.24, 2.45) is 17.8 Å². The Labute approximate surface area is 86.1 Å². The van der Waals surface area contributed by atoms with Crippen molar-refractivity contribution in [2.75, 3.05) is 0 Å². The Morgan fingerprint density at radius 3 is 1.94 bits per heavy atom. The van der Waals surface area contributed by atoms with E-state index in [-0.39, 0.29) is 0 Å². The second kappa shape index (κ2) is 2.92. The number of rotatable bonds is 0. The molecule has 7 heteroatoms. The Bertz CT molecular complexity index is 326. The lowest BCUT2D eigenvalue weighted by Crippen LogP contribution is -2.55. The SMILES string of the molecule is FC(F)(F)C1C2C=CC(C2)C1(F)C(F)(F)F. The summed E-state index contributed by atoms with van der Waals surface area (Å²) in [4.78, 5) is 0. The van der Waals surface area contributed by atoms with E-state index in [9.17, 15) is 30.7 Å². The number of allylic oxidation sites excluding steroid dienone is 2. The molecule has 0 N–H and O–H groups in total. The zero-order valence-corrected chi connectivity index (χ0v) is 7.74. The summed E-state index contributed by atoms with van der Waals surface area (Å²) in [7, 11) is 0. The summed E-state index contributed by atoms with van der Waals surface area (Å²) in [6.45, 7) is 0. The second-order valence-corrected chi connectivity index (χ2v) is 4.18. The maximum absolute atomic E-state index is 13.8. The molecule has 2 aliphatic carbocycles. The van der Waals surface area contributed by atoms with E-state index in [0.29, 0.717) is 0 Å². The van der Waals surface area contributed by atoms with E-state index in [0.717, 1.165) is 12.2 Å². The third kappa shape index (κ3) is 1.29. The first kappa shape index (κ1) is 11.7. The molecule has 0 aromatic heterocycles. The van der Waals surface area contributed by atoms with Gasteiger partial charge in [-0.1, -0.05) is 12.2 Å². The van der Waals surface area contributed by atoms with Crippen LogP contribution in [-0.2, 0) is 0 Å². The summed E-state index contributed by atoms with van der Waals surface area (Å²) >= 11 is 0. The van der Waals surface area contributed by atoms with E-state index in [1.807, 2.05) is 0 Å². The molecule has 0 aliphatic heterocycles. The van der Waals surface area contributed by atoms with Crippen molar-refractivity contribution in [1.29, 1.82) is 0 Å². The molecule has 0 spiro atoms. The zero-order valence-electron chi connectivity index (χ0n) is 7.74. The number of hydrogen-bond acceptors (Lipinski definition) is 0. The number of fused-ring (bicyclic) bond motifs is 2. The van der Waals surface area contributed by atoms with Gasteiger partial charge in [-0.05, 0) is 12.3 Å². The van der Waals surface area contributed by atoms with Gasteiger partial charge in [-0.25, -0.2) is 4.39 Å². The Kier molecular flexibility index (Phi) is 2.14. The highest BCUT2D eigenvalue weighted by Crippen LogP contribution is 2.63. The zero-order chi connectivity index (χ0) is 12.4. The van der Waals surface area contributed by atoms with Crippen LogP contribution in [0.3, 0.4) is 0 Å². The van der Waals surface area contributed by atoms with Gasteiger partial charge >= 0.3 is 12.4 Å². The summed E-state index contributed by atoms with van der Waals surface area (Å²) in [6, 6.07) is 0. The van der Waals surface area contributed by atoms with Gasteiger partial charge in [0, 0.05) is 5.92 Å². The molecule has 0 radical (unpaired) electrons. The van der Waals surface area contributed by atoms with Gasteiger partial charge < -0.3 is 0 Å². The minimum absolute atomic E-state index is 0.416. The van der Waals surface area contributed by atoms with Crippen LogP contribution in [0, 0.1) is 17.8 Å². The first-order chi connectivity index (χ1) is 7.08. The van der Waals surface area contributed by atoms with Gasteiger partial charge in [0.05, 0.1) is 0 Å². The lowest BCUT2D eigenvalue weighted by Gasteiger charge is -2.37. The summed E-state index contributed by atoms with van der Waals surface area (Å²) in [5.74, 6) is -6.06. The van der Waals surface area contributed by atoms with Crippen LogP contribution in [0.2, 0.25) is 0 Å². The van der Waals surface area contributed by atoms with Crippen LogP contribution in [0.4, 0.5) is 30.7 Å². The average molecular weight is 248 g/mol. The second-order valence-electron chi connectivity index (χ2n) is 4.18. The number of alkyl halides is 7. The van der Waals surface area contributed by atoms with Crippen LogP contribution in [0.1, 0.15) is 6.42 Å². The summed E-state index contributed by atoms with van der Waals surface area (Å²) < 4.78 is 88.6. The fraction of sp³-hybridized carbons (Fsp3) is 0.778. The molecule has 2 rings (SSSR count). The monoisotopic (exact) mass is 248 g/mol. The quantitative estimate of drug-likeness (QED) is 0.453. The van der Waals surface area contributed by atoms with Gasteiger partial charge in [-0.15, -0.1) is 0 Å². The van der Waals surface area contributed by atoms with Crippen molar-refractivity contribution in [3.63, 3.8) is 0 Å². The molecule has 1 fully saturated rings. The maximum Gasteiger partial charge on any atom is 0.423 e. The smallest absolute Gasteiger partial charge is 0.232 e. The predicted octanol–water partition coefficient (Wildman–Crippen LogP) is 3.64. The fourth-order valence-corrected chi connectivity index (χ4v) is 2.70. The van der Waals surface area contributed by atoms with Crippen molar-refractivity contribution < 1.29 is 30.7 Å². The van der Waals surface area contributed by atoms with Crippen LogP contribution in [0.25, 0.3) is 0 Å². The predicted molar refractivity (Wildman–Crippen MR) is 40.2 cm³/mol. The third-order valence-corrected chi connectivity index (χ3v) is 3.32. The van der Waals surface area contributed by atoms with Crippen molar-refractivity contribution in [3.8, 4) is 0 Å². The molecular formula is C9H7F7. The van der Waals surface area contributed by atoms with E-state index >= 15 is 0 Å². The molecule has 2 aliphatic rings. The minimum Gasteiger partial charge on any atom is -0.232 e. The lowest BCUT2D eigenvalue weighted by atomic mass is 9.79. The molecule has 1 saturated carbocycles. The van der Waals surface area contributed by atoms with Crippen LogP contribution in [0.15, 0.2) is 12.2 Å². The summed E-state index contributed by atoms with van der Waals surface area (Å²) in [5.41, 5.74) is -4.16. The molecule has 4 atom stereocenters. The van der Waals surface area contributed by atoms with Crippen molar-refractivity contribution in [2.45, 2.75) is 24.4 Å². The van der Waals surface area contributed by atoms with Crippen LogP contribution < -0.4 is 0 Å². The maximum atomic E-state index is 13.8. The van der Waals surface area contributed by atoms with E-state index in [1.165, 1.54) is 0 Å². The van der Waals surface area contributed by atoms with E-state index in [4.69, 9.17) is 0 Å². The summed E-state index contributed by atoms with van der Waals surface area (Å²) in [5, 5.41) is 0. The Balaban J connectivity index is 2.48. The highest BCUT2D eigenvalue weighted by Gasteiger charge is 2.76. The molecule has 0 aromatic carbocycles. The molecule has 0 amide bonds. The Morgan fingerprint density at radius 2 is 1.56 bits per heavy atom. The van der Waals surface area contributed by atoms with Crippen molar-refractivity contribution in [1.82, 2.24) is 0 Å². The van der Waals surface area contributed by atoms with Gasteiger partial charge in [-0.2, -0.15) is 26.3 Å². The Hall–Kier alpha value is -0.750. The molecule has 2 bridgehead atoms. The van der Waals surface area contributed by atoms with E-state index in [2.05, 4.69) is 0 Å². The number of halogens is 7. The van der Waals surface area contributed by atoms with Gasteiger partial charge in [-0.3, -0.25) is 0 Å².